The Kier molecular flexibility index (Phi) is 6.79. The van der Waals surface area contributed by atoms with Crippen LogP contribution in [0, 0.1) is 11.7 Å². The summed E-state index contributed by atoms with van der Waals surface area (Å²) in [5, 5.41) is 12.6. The van der Waals surface area contributed by atoms with Crippen LogP contribution in [0.25, 0.3) is 0 Å². The lowest BCUT2D eigenvalue weighted by Crippen LogP contribution is -2.40. The Morgan fingerprint density at radius 3 is 2.60 bits per heavy atom. The van der Waals surface area contributed by atoms with Gasteiger partial charge in [-0.3, -0.25) is 10.1 Å². The fraction of sp³-hybridized carbons (Fsp3) is 0.316. The van der Waals surface area contributed by atoms with Crippen LogP contribution in [0.2, 0.25) is 5.02 Å². The van der Waals surface area contributed by atoms with Gasteiger partial charge in [-0.1, -0.05) is 49.7 Å². The molecule has 2 aromatic rings. The number of carbonyl (C=O) groups is 1. The Hall–Kier alpha value is -2.11. The number of hydrogen-bond acceptors (Lipinski definition) is 3. The van der Waals surface area contributed by atoms with Crippen molar-refractivity contribution >= 4 is 17.6 Å². The fourth-order valence-electron chi connectivity index (χ4n) is 2.44. The first-order valence-electron chi connectivity index (χ1n) is 8.00. The number of nitrogens with one attached hydrogen (secondary N) is 1. The zero-order chi connectivity index (χ0) is 18.4. The van der Waals surface area contributed by atoms with Crippen LogP contribution in [0.4, 0.5) is 4.39 Å². The van der Waals surface area contributed by atoms with Crippen LogP contribution in [0.5, 0.6) is 5.75 Å². The Morgan fingerprint density at radius 1 is 1.24 bits per heavy atom. The number of aliphatic carboxylic acids is 1. The van der Waals surface area contributed by atoms with Crippen molar-refractivity contribution in [3.63, 3.8) is 0 Å². The van der Waals surface area contributed by atoms with Gasteiger partial charge < -0.3 is 9.84 Å². The number of rotatable bonds is 8. The van der Waals surface area contributed by atoms with E-state index >= 15 is 0 Å². The van der Waals surface area contributed by atoms with Crippen molar-refractivity contribution in [2.45, 2.75) is 33.0 Å². The van der Waals surface area contributed by atoms with Gasteiger partial charge in [0.15, 0.2) is 0 Å². The van der Waals surface area contributed by atoms with Crippen LogP contribution in [0.3, 0.4) is 0 Å². The number of para-hydroxylation sites is 1. The van der Waals surface area contributed by atoms with E-state index < -0.39 is 17.8 Å². The summed E-state index contributed by atoms with van der Waals surface area (Å²) in [4.78, 5) is 11.3. The second-order valence-corrected chi connectivity index (χ2v) is 6.44. The number of ether oxygens (including phenoxy) is 1. The summed E-state index contributed by atoms with van der Waals surface area (Å²) in [5.74, 6) is -0.814. The second kappa shape index (κ2) is 8.83. The molecule has 1 unspecified atom stereocenters. The smallest absolute Gasteiger partial charge is 0.320 e. The van der Waals surface area contributed by atoms with E-state index in [2.05, 4.69) is 5.32 Å². The number of halogens is 2. The maximum absolute atomic E-state index is 13.8. The molecule has 0 aliphatic carbocycles. The zero-order valence-corrected chi connectivity index (χ0v) is 14.9. The van der Waals surface area contributed by atoms with Crippen LogP contribution in [0.15, 0.2) is 42.5 Å². The monoisotopic (exact) mass is 365 g/mol. The van der Waals surface area contributed by atoms with Crippen molar-refractivity contribution in [3.8, 4) is 5.75 Å². The molecule has 0 radical (unpaired) electrons. The molecule has 0 heterocycles. The predicted octanol–water partition coefficient (Wildman–Crippen LogP) is 4.26. The van der Waals surface area contributed by atoms with Gasteiger partial charge >= 0.3 is 5.97 Å². The van der Waals surface area contributed by atoms with Crippen LogP contribution >= 0.6 is 11.6 Å². The largest absolute Gasteiger partial charge is 0.488 e. The molecule has 6 heteroatoms. The molecule has 0 amide bonds. The van der Waals surface area contributed by atoms with Crippen molar-refractivity contribution in [3.05, 3.63) is 64.4 Å². The maximum atomic E-state index is 13.8. The highest BCUT2D eigenvalue weighted by atomic mass is 35.5. The molecule has 4 nitrogen and oxygen atoms in total. The van der Waals surface area contributed by atoms with Gasteiger partial charge in [-0.2, -0.15) is 0 Å². The minimum atomic E-state index is -0.897. The lowest BCUT2D eigenvalue weighted by molar-refractivity contribution is -0.140. The minimum Gasteiger partial charge on any atom is -0.488 e. The first-order chi connectivity index (χ1) is 11.9. The summed E-state index contributed by atoms with van der Waals surface area (Å²) in [6.07, 6.45) is 0. The third kappa shape index (κ3) is 5.18. The first-order valence-corrected chi connectivity index (χ1v) is 8.37. The lowest BCUT2D eigenvalue weighted by atomic mass is 10.0. The second-order valence-electron chi connectivity index (χ2n) is 6.04. The predicted molar refractivity (Wildman–Crippen MR) is 95.3 cm³/mol. The third-order valence-corrected chi connectivity index (χ3v) is 4.21. The Bertz CT molecular complexity index is 716. The van der Waals surface area contributed by atoms with E-state index in [1.807, 2.05) is 26.0 Å². The van der Waals surface area contributed by atoms with Gasteiger partial charge in [0.2, 0.25) is 0 Å². The van der Waals surface area contributed by atoms with E-state index in [1.165, 1.54) is 12.1 Å². The lowest BCUT2D eigenvalue weighted by Gasteiger charge is -2.19. The van der Waals surface area contributed by atoms with E-state index in [-0.39, 0.29) is 18.1 Å². The van der Waals surface area contributed by atoms with Gasteiger partial charge in [0.25, 0.3) is 0 Å². The maximum Gasteiger partial charge on any atom is 0.320 e. The van der Waals surface area contributed by atoms with Crippen LogP contribution in [-0.2, 0) is 17.9 Å². The van der Waals surface area contributed by atoms with Crippen LogP contribution in [0.1, 0.15) is 25.0 Å². The van der Waals surface area contributed by atoms with Crippen molar-refractivity contribution in [1.82, 2.24) is 5.32 Å². The molecule has 1 atom stereocenters. The molecular formula is C19H21ClFNO3. The van der Waals surface area contributed by atoms with Gasteiger partial charge in [-0.05, 0) is 24.1 Å². The summed E-state index contributed by atoms with van der Waals surface area (Å²) >= 11 is 6.01. The van der Waals surface area contributed by atoms with E-state index in [9.17, 15) is 14.3 Å². The fourth-order valence-corrected chi connectivity index (χ4v) is 2.66. The topological polar surface area (TPSA) is 58.6 Å². The van der Waals surface area contributed by atoms with Crippen LogP contribution in [-0.4, -0.2) is 17.1 Å². The van der Waals surface area contributed by atoms with Crippen LogP contribution < -0.4 is 10.1 Å². The van der Waals surface area contributed by atoms with Gasteiger partial charge in [0, 0.05) is 17.7 Å². The highest BCUT2D eigenvalue weighted by Gasteiger charge is 2.21. The third-order valence-electron chi connectivity index (χ3n) is 3.85. The Labute approximate surface area is 151 Å². The molecule has 0 aromatic heterocycles. The van der Waals surface area contributed by atoms with E-state index in [1.54, 1.807) is 18.2 Å². The highest BCUT2D eigenvalue weighted by Crippen LogP contribution is 2.24. The molecule has 2 aromatic carbocycles. The average Bonchev–Trinajstić information content (AvgIpc) is 2.55. The highest BCUT2D eigenvalue weighted by molar-refractivity contribution is 6.31. The molecule has 2 N–H and O–H groups in total. The quantitative estimate of drug-likeness (QED) is 0.734. The Balaban J connectivity index is 2.09. The van der Waals surface area contributed by atoms with E-state index in [0.29, 0.717) is 17.3 Å². The van der Waals surface area contributed by atoms with Crippen molar-refractivity contribution in [2.24, 2.45) is 5.92 Å². The van der Waals surface area contributed by atoms with Gasteiger partial charge in [0.1, 0.15) is 24.2 Å². The molecule has 0 bridgehead atoms. The number of benzene rings is 2. The first kappa shape index (κ1) is 19.2. The number of hydrogen-bond donors (Lipinski definition) is 2. The number of carboxylic acid groups (broad SMARTS) is 1. The van der Waals surface area contributed by atoms with E-state index in [4.69, 9.17) is 16.3 Å². The molecule has 2 rings (SSSR count). The summed E-state index contributed by atoms with van der Waals surface area (Å²) in [6.45, 7) is 4.01. The van der Waals surface area contributed by atoms with Crippen molar-refractivity contribution in [2.75, 3.05) is 0 Å². The molecule has 134 valence electrons. The van der Waals surface area contributed by atoms with Crippen molar-refractivity contribution < 1.29 is 19.0 Å². The average molecular weight is 366 g/mol. The molecule has 25 heavy (non-hydrogen) atoms. The normalized spacial score (nSPS) is 12.2. The summed E-state index contributed by atoms with van der Waals surface area (Å²) in [6, 6.07) is 11.1. The molecule has 0 saturated heterocycles. The summed E-state index contributed by atoms with van der Waals surface area (Å²) in [7, 11) is 0. The molecule has 0 fully saturated rings. The van der Waals surface area contributed by atoms with Gasteiger partial charge in [0.05, 0.1) is 5.02 Å². The molecule has 0 saturated carbocycles. The molecular weight excluding hydrogens is 345 g/mol. The minimum absolute atomic E-state index is 0.00490. The summed E-state index contributed by atoms with van der Waals surface area (Å²) in [5.41, 5.74) is 1.08. The zero-order valence-electron chi connectivity index (χ0n) is 14.1. The molecule has 0 aliphatic rings. The standard InChI is InChI=1S/C19H21ClFNO3/c1-12(2)18(19(23)24)22-10-13-6-3-4-9-17(13)25-11-14-15(20)7-5-8-16(14)21/h3-9,12,18,22H,10-11H2,1-2H3,(H,23,24). The van der Waals surface area contributed by atoms with Gasteiger partial charge in [-0.25, -0.2) is 4.39 Å². The number of carboxylic acids is 1. The summed E-state index contributed by atoms with van der Waals surface area (Å²) < 4.78 is 19.6. The molecule has 0 aliphatic heterocycles. The van der Waals surface area contributed by atoms with E-state index in [0.717, 1.165) is 5.56 Å². The SMILES string of the molecule is CC(C)C(NCc1ccccc1OCc1c(F)cccc1Cl)C(=O)O. The Morgan fingerprint density at radius 2 is 1.96 bits per heavy atom. The van der Waals surface area contributed by atoms with Gasteiger partial charge in [-0.15, -0.1) is 0 Å². The molecule has 0 spiro atoms. The van der Waals surface area contributed by atoms with Crippen molar-refractivity contribution in [1.29, 1.82) is 0 Å².